The minimum absolute atomic E-state index is 0.0512. The second-order valence-electron chi connectivity index (χ2n) is 10.3. The summed E-state index contributed by atoms with van der Waals surface area (Å²) in [5, 5.41) is 8.29. The van der Waals surface area contributed by atoms with Crippen LogP contribution in [0.15, 0.2) is 77.0 Å². The molecule has 0 aromatic heterocycles. The molecule has 1 atom stereocenters. The number of unbranched alkanes of at least 4 members (excludes halogenated alkanes) is 7. The number of benzene rings is 3. The lowest BCUT2D eigenvalue weighted by Gasteiger charge is -2.15. The molecule has 0 N–H and O–H groups in total. The maximum absolute atomic E-state index is 14.5. The van der Waals surface area contributed by atoms with Crippen LogP contribution < -0.4 is 14.2 Å². The van der Waals surface area contributed by atoms with Crippen LogP contribution in [0.25, 0.3) is 0 Å². The average Bonchev–Trinajstić information content (AvgIpc) is 2.98. The Labute approximate surface area is 243 Å². The molecule has 3 rings (SSSR count). The summed E-state index contributed by atoms with van der Waals surface area (Å²) >= 11 is 0. The number of ether oxygens (including phenoxy) is 3. The Morgan fingerprint density at radius 3 is 2.05 bits per heavy atom. The van der Waals surface area contributed by atoms with E-state index >= 15 is 0 Å². The predicted molar refractivity (Wildman–Crippen MR) is 162 cm³/mol. The number of hydrogen-bond acceptors (Lipinski definition) is 6. The van der Waals surface area contributed by atoms with Gasteiger partial charge in [0.05, 0.1) is 29.6 Å². The number of carbonyl (C=O) groups excluding carboxylic acids is 1. The van der Waals surface area contributed by atoms with Crippen molar-refractivity contribution >= 4 is 17.3 Å². The molecule has 220 valence electrons. The first-order valence-corrected chi connectivity index (χ1v) is 14.9. The van der Waals surface area contributed by atoms with E-state index < -0.39 is 11.8 Å². The molecule has 7 heteroatoms. The van der Waals surface area contributed by atoms with Gasteiger partial charge in [0.25, 0.3) is 0 Å². The number of azo groups is 1. The van der Waals surface area contributed by atoms with E-state index in [1.807, 2.05) is 6.92 Å². The number of hydrogen-bond donors (Lipinski definition) is 0. The topological polar surface area (TPSA) is 69.5 Å². The molecule has 0 bridgehead atoms. The third kappa shape index (κ3) is 11.7. The standard InChI is InChI=1S/C34H43FN2O4/c1-4-6-8-10-12-24-39-30-19-14-27(15-20-30)34(38)41-31-21-16-28(17-22-31)36-37-29-18-23-33(32(35)25-29)40-26(3)13-11-9-7-5-2/h14-23,25-26H,4-13,24H2,1-3H3. The van der Waals surface area contributed by atoms with Crippen molar-refractivity contribution in [3.05, 3.63) is 78.1 Å². The van der Waals surface area contributed by atoms with Crippen molar-refractivity contribution in [3.8, 4) is 17.2 Å². The lowest BCUT2D eigenvalue weighted by atomic mass is 10.1. The average molecular weight is 563 g/mol. The highest BCUT2D eigenvalue weighted by Crippen LogP contribution is 2.27. The summed E-state index contributed by atoms with van der Waals surface area (Å²) in [5.74, 6) is 0.418. The van der Waals surface area contributed by atoms with E-state index in [0.717, 1.165) is 31.4 Å². The summed E-state index contributed by atoms with van der Waals surface area (Å²) in [6.07, 6.45) is 11.4. The number of esters is 1. The zero-order valence-corrected chi connectivity index (χ0v) is 24.6. The van der Waals surface area contributed by atoms with Gasteiger partial charge in [-0.1, -0.05) is 58.8 Å². The van der Waals surface area contributed by atoms with Crippen molar-refractivity contribution in [2.45, 2.75) is 91.1 Å². The van der Waals surface area contributed by atoms with Crippen LogP contribution in [0, 0.1) is 5.82 Å². The first kappa shape index (κ1) is 31.8. The number of rotatable bonds is 18. The second kappa shape index (κ2) is 17.8. The summed E-state index contributed by atoms with van der Waals surface area (Å²) in [5.41, 5.74) is 1.36. The lowest BCUT2D eigenvalue weighted by molar-refractivity contribution is 0.0734. The van der Waals surface area contributed by atoms with Crippen LogP contribution in [-0.4, -0.2) is 18.7 Å². The quantitative estimate of drug-likeness (QED) is 0.0669. The summed E-state index contributed by atoms with van der Waals surface area (Å²) in [7, 11) is 0. The normalized spacial score (nSPS) is 11.9. The lowest BCUT2D eigenvalue weighted by Crippen LogP contribution is -2.12. The van der Waals surface area contributed by atoms with Crippen LogP contribution in [0.3, 0.4) is 0 Å². The van der Waals surface area contributed by atoms with Gasteiger partial charge in [0, 0.05) is 6.07 Å². The fourth-order valence-corrected chi connectivity index (χ4v) is 4.23. The Balaban J connectivity index is 1.45. The van der Waals surface area contributed by atoms with Gasteiger partial charge in [-0.15, -0.1) is 0 Å². The molecule has 0 heterocycles. The minimum atomic E-state index is -0.467. The Kier molecular flexibility index (Phi) is 13.8. The molecule has 1 unspecified atom stereocenters. The Hall–Kier alpha value is -3.74. The summed E-state index contributed by atoms with van der Waals surface area (Å²) in [6.45, 7) is 7.01. The van der Waals surface area contributed by atoms with Crippen LogP contribution in [0.4, 0.5) is 15.8 Å². The van der Waals surface area contributed by atoms with Gasteiger partial charge in [0.1, 0.15) is 11.5 Å². The van der Waals surface area contributed by atoms with Crippen molar-refractivity contribution < 1.29 is 23.4 Å². The van der Waals surface area contributed by atoms with Gasteiger partial charge in [0.15, 0.2) is 11.6 Å². The van der Waals surface area contributed by atoms with E-state index in [4.69, 9.17) is 14.2 Å². The molecular weight excluding hydrogens is 519 g/mol. The SMILES string of the molecule is CCCCCCCOc1ccc(C(=O)Oc2ccc(N=Nc3ccc(OC(C)CCCCCC)c(F)c3)cc2)cc1. The van der Waals surface area contributed by atoms with Gasteiger partial charge in [0.2, 0.25) is 0 Å². The van der Waals surface area contributed by atoms with Crippen molar-refractivity contribution in [2.75, 3.05) is 6.61 Å². The van der Waals surface area contributed by atoms with E-state index in [1.165, 1.54) is 44.6 Å². The largest absolute Gasteiger partial charge is 0.494 e. The molecule has 0 aliphatic rings. The van der Waals surface area contributed by atoms with Crippen molar-refractivity contribution in [1.29, 1.82) is 0 Å². The van der Waals surface area contributed by atoms with Crippen LogP contribution in [0.5, 0.6) is 17.2 Å². The highest BCUT2D eigenvalue weighted by molar-refractivity contribution is 5.91. The third-order valence-corrected chi connectivity index (χ3v) is 6.64. The molecule has 41 heavy (non-hydrogen) atoms. The Morgan fingerprint density at radius 2 is 1.37 bits per heavy atom. The molecule has 0 spiro atoms. The predicted octanol–water partition coefficient (Wildman–Crippen LogP) is 10.5. The van der Waals surface area contributed by atoms with Crippen LogP contribution >= 0.6 is 0 Å². The van der Waals surface area contributed by atoms with E-state index in [1.54, 1.807) is 60.7 Å². The van der Waals surface area contributed by atoms with Gasteiger partial charge in [-0.25, -0.2) is 9.18 Å². The summed E-state index contributed by atoms with van der Waals surface area (Å²) in [6, 6.07) is 18.2. The highest BCUT2D eigenvalue weighted by atomic mass is 19.1. The fourth-order valence-electron chi connectivity index (χ4n) is 4.23. The van der Waals surface area contributed by atoms with Crippen LogP contribution in [0.1, 0.15) is 95.3 Å². The summed E-state index contributed by atoms with van der Waals surface area (Å²) in [4.78, 5) is 12.5. The van der Waals surface area contributed by atoms with E-state index in [0.29, 0.717) is 29.3 Å². The smallest absolute Gasteiger partial charge is 0.343 e. The molecule has 3 aromatic rings. The second-order valence-corrected chi connectivity index (χ2v) is 10.3. The first-order valence-electron chi connectivity index (χ1n) is 14.9. The molecule has 0 radical (unpaired) electrons. The van der Waals surface area contributed by atoms with E-state index in [2.05, 4.69) is 24.1 Å². The molecule has 0 aliphatic heterocycles. The van der Waals surface area contributed by atoms with E-state index in [-0.39, 0.29) is 11.9 Å². The van der Waals surface area contributed by atoms with Gasteiger partial charge in [-0.2, -0.15) is 10.2 Å². The molecule has 0 saturated carbocycles. The molecule has 6 nitrogen and oxygen atoms in total. The molecule has 3 aromatic carbocycles. The van der Waals surface area contributed by atoms with Crippen molar-refractivity contribution in [1.82, 2.24) is 0 Å². The van der Waals surface area contributed by atoms with E-state index in [9.17, 15) is 9.18 Å². The minimum Gasteiger partial charge on any atom is -0.494 e. The highest BCUT2D eigenvalue weighted by Gasteiger charge is 2.11. The van der Waals surface area contributed by atoms with Gasteiger partial charge in [-0.05, 0) is 86.8 Å². The molecular formula is C34H43FN2O4. The van der Waals surface area contributed by atoms with Gasteiger partial charge < -0.3 is 14.2 Å². The first-order chi connectivity index (χ1) is 20.0. The van der Waals surface area contributed by atoms with Gasteiger partial charge >= 0.3 is 5.97 Å². The number of carbonyl (C=O) groups is 1. The Bertz CT molecular complexity index is 1210. The Morgan fingerprint density at radius 1 is 0.756 bits per heavy atom. The number of nitrogens with zero attached hydrogens (tertiary/aromatic N) is 2. The van der Waals surface area contributed by atoms with Gasteiger partial charge in [-0.3, -0.25) is 0 Å². The number of halogens is 1. The maximum Gasteiger partial charge on any atom is 0.343 e. The third-order valence-electron chi connectivity index (χ3n) is 6.64. The summed E-state index contributed by atoms with van der Waals surface area (Å²) < 4.78 is 31.5. The fraction of sp³-hybridized carbons (Fsp3) is 0.441. The monoisotopic (exact) mass is 562 g/mol. The molecule has 0 saturated heterocycles. The van der Waals surface area contributed by atoms with Crippen molar-refractivity contribution in [2.24, 2.45) is 10.2 Å². The van der Waals surface area contributed by atoms with Crippen LogP contribution in [0.2, 0.25) is 0 Å². The molecule has 0 amide bonds. The van der Waals surface area contributed by atoms with Crippen molar-refractivity contribution in [3.63, 3.8) is 0 Å². The zero-order valence-electron chi connectivity index (χ0n) is 24.6. The molecule has 0 aliphatic carbocycles. The molecule has 0 fully saturated rings. The zero-order chi connectivity index (χ0) is 29.3. The maximum atomic E-state index is 14.5. The van der Waals surface area contributed by atoms with Crippen LogP contribution in [-0.2, 0) is 0 Å².